The molecule has 1 saturated heterocycles. The highest BCUT2D eigenvalue weighted by Crippen LogP contribution is 2.38. The zero-order valence-electron chi connectivity index (χ0n) is 16.1. The first-order chi connectivity index (χ1) is 14.9. The standard InChI is InChI=1S/C21H14F6N2O2S/c22-20(23,24)13-6-11(7-14(9-13)21(25,26)27)8-17-18(30)29(19(31)32-17)10-12-2-1-3-16-15(12)4-5-28-16/h1-7,9,17,28H,8,10H2. The van der Waals surface area contributed by atoms with Crippen molar-refractivity contribution in [3.63, 3.8) is 0 Å². The van der Waals surface area contributed by atoms with Crippen LogP contribution in [0.4, 0.5) is 31.1 Å². The van der Waals surface area contributed by atoms with Crippen molar-refractivity contribution < 1.29 is 35.9 Å². The lowest BCUT2D eigenvalue weighted by molar-refractivity contribution is -0.143. The van der Waals surface area contributed by atoms with Gasteiger partial charge in [-0.15, -0.1) is 0 Å². The van der Waals surface area contributed by atoms with Crippen LogP contribution in [0.2, 0.25) is 0 Å². The zero-order chi connectivity index (χ0) is 23.3. The minimum atomic E-state index is -4.99. The van der Waals surface area contributed by atoms with Crippen molar-refractivity contribution in [2.45, 2.75) is 30.6 Å². The Morgan fingerprint density at radius 3 is 2.22 bits per heavy atom. The van der Waals surface area contributed by atoms with Gasteiger partial charge in [0.25, 0.3) is 5.24 Å². The molecule has 1 unspecified atom stereocenters. The molecule has 1 fully saturated rings. The van der Waals surface area contributed by atoms with E-state index in [-0.39, 0.29) is 18.2 Å². The maximum absolute atomic E-state index is 13.1. The van der Waals surface area contributed by atoms with Crippen molar-refractivity contribution in [1.82, 2.24) is 9.88 Å². The number of benzene rings is 2. The first-order valence-electron chi connectivity index (χ1n) is 9.29. The number of alkyl halides is 6. The third-order valence-corrected chi connectivity index (χ3v) is 6.16. The van der Waals surface area contributed by atoms with Crippen LogP contribution in [0.5, 0.6) is 0 Å². The second-order valence-corrected chi connectivity index (χ2v) is 8.43. The van der Waals surface area contributed by atoms with E-state index in [0.717, 1.165) is 15.8 Å². The van der Waals surface area contributed by atoms with Gasteiger partial charge in [-0.2, -0.15) is 26.3 Å². The van der Waals surface area contributed by atoms with Gasteiger partial charge in [-0.25, -0.2) is 0 Å². The van der Waals surface area contributed by atoms with Gasteiger partial charge in [0, 0.05) is 17.1 Å². The molecule has 1 atom stereocenters. The molecule has 2 amide bonds. The first kappa shape index (κ1) is 22.3. The van der Waals surface area contributed by atoms with Gasteiger partial charge in [-0.3, -0.25) is 14.5 Å². The summed E-state index contributed by atoms with van der Waals surface area (Å²) in [5, 5.41) is -0.915. The molecule has 4 rings (SSSR count). The lowest BCUT2D eigenvalue weighted by Gasteiger charge is -2.16. The number of aromatic nitrogens is 1. The van der Waals surface area contributed by atoms with Gasteiger partial charge in [-0.05, 0) is 47.9 Å². The van der Waals surface area contributed by atoms with Gasteiger partial charge in [0.1, 0.15) is 0 Å². The number of thioether (sulfide) groups is 1. The second kappa shape index (κ2) is 7.88. The molecule has 11 heteroatoms. The van der Waals surface area contributed by atoms with Crippen LogP contribution in [-0.4, -0.2) is 26.3 Å². The summed E-state index contributed by atoms with van der Waals surface area (Å²) in [6.45, 7) is -0.0489. The third kappa shape index (κ3) is 4.34. The van der Waals surface area contributed by atoms with E-state index in [1.807, 2.05) is 6.07 Å². The van der Waals surface area contributed by atoms with Gasteiger partial charge in [0.15, 0.2) is 0 Å². The predicted octanol–water partition coefficient (Wildman–Crippen LogP) is 6.01. The fraction of sp³-hybridized carbons (Fsp3) is 0.238. The monoisotopic (exact) mass is 472 g/mol. The van der Waals surface area contributed by atoms with Crippen molar-refractivity contribution in [3.05, 3.63) is 70.9 Å². The maximum atomic E-state index is 13.1. The number of carbonyl (C=O) groups excluding carboxylic acids is 2. The number of halogens is 6. The molecule has 4 nitrogen and oxygen atoms in total. The van der Waals surface area contributed by atoms with E-state index < -0.39 is 46.3 Å². The quantitative estimate of drug-likeness (QED) is 0.473. The van der Waals surface area contributed by atoms with Crippen molar-refractivity contribution in [1.29, 1.82) is 0 Å². The lowest BCUT2D eigenvalue weighted by Crippen LogP contribution is -2.31. The molecule has 0 bridgehead atoms. The molecule has 0 saturated carbocycles. The van der Waals surface area contributed by atoms with Crippen LogP contribution in [-0.2, 0) is 30.1 Å². The summed E-state index contributed by atoms with van der Waals surface area (Å²) >= 11 is 0.597. The SMILES string of the molecule is O=C1SC(Cc2cc(C(F)(F)F)cc(C(F)(F)F)c2)C(=O)N1Cc1cccc2[nH]ccc12. The Morgan fingerprint density at radius 2 is 1.59 bits per heavy atom. The number of nitrogens with one attached hydrogen (secondary N) is 1. The Labute approximate surface area is 181 Å². The average Bonchev–Trinajstić information content (AvgIpc) is 3.27. The molecule has 1 aliphatic rings. The fourth-order valence-corrected chi connectivity index (χ4v) is 4.61. The number of rotatable bonds is 4. The Bertz CT molecular complexity index is 1170. The number of imide groups is 1. The summed E-state index contributed by atoms with van der Waals surface area (Å²) in [6, 6.07) is 8.26. The van der Waals surface area contributed by atoms with Crippen molar-refractivity contribution in [3.8, 4) is 0 Å². The second-order valence-electron chi connectivity index (χ2n) is 7.27. The minimum Gasteiger partial charge on any atom is -0.361 e. The molecular weight excluding hydrogens is 458 g/mol. The Balaban J connectivity index is 1.59. The van der Waals surface area contributed by atoms with E-state index in [1.165, 1.54) is 0 Å². The number of hydrogen-bond donors (Lipinski definition) is 1. The fourth-order valence-electron chi connectivity index (χ4n) is 3.58. The van der Waals surface area contributed by atoms with E-state index >= 15 is 0 Å². The summed E-state index contributed by atoms with van der Waals surface area (Å²) < 4.78 is 78.5. The van der Waals surface area contributed by atoms with Crippen molar-refractivity contribution in [2.24, 2.45) is 0 Å². The van der Waals surface area contributed by atoms with Crippen LogP contribution >= 0.6 is 11.8 Å². The van der Waals surface area contributed by atoms with Crippen molar-refractivity contribution in [2.75, 3.05) is 0 Å². The van der Waals surface area contributed by atoms with E-state index in [9.17, 15) is 35.9 Å². The highest BCUT2D eigenvalue weighted by Gasteiger charge is 2.41. The lowest BCUT2D eigenvalue weighted by atomic mass is 10.0. The average molecular weight is 472 g/mol. The number of H-pyrrole nitrogens is 1. The minimum absolute atomic E-state index is 0.0299. The van der Waals surface area contributed by atoms with Gasteiger partial charge < -0.3 is 4.98 Å². The smallest absolute Gasteiger partial charge is 0.361 e. The van der Waals surface area contributed by atoms with Gasteiger partial charge in [0.05, 0.1) is 22.9 Å². The molecule has 0 aliphatic carbocycles. The molecule has 1 aromatic heterocycles. The Hall–Kier alpha value is -2.95. The van der Waals surface area contributed by atoms with E-state index in [1.54, 1.807) is 24.4 Å². The van der Waals surface area contributed by atoms with Gasteiger partial charge in [-0.1, -0.05) is 23.9 Å². The summed E-state index contributed by atoms with van der Waals surface area (Å²) in [7, 11) is 0. The zero-order valence-corrected chi connectivity index (χ0v) is 16.9. The van der Waals surface area contributed by atoms with Crippen LogP contribution in [0.25, 0.3) is 10.9 Å². The van der Waals surface area contributed by atoms with Gasteiger partial charge in [0.2, 0.25) is 5.91 Å². The van der Waals surface area contributed by atoms with E-state index in [2.05, 4.69) is 4.98 Å². The maximum Gasteiger partial charge on any atom is 0.416 e. The summed E-state index contributed by atoms with van der Waals surface area (Å²) in [5.74, 6) is -0.654. The van der Waals surface area contributed by atoms with Crippen LogP contribution in [0.15, 0.2) is 48.7 Å². The molecule has 2 heterocycles. The molecule has 2 aromatic carbocycles. The number of hydrogen-bond acceptors (Lipinski definition) is 3. The largest absolute Gasteiger partial charge is 0.416 e. The van der Waals surface area contributed by atoms with Crippen LogP contribution in [0.3, 0.4) is 0 Å². The number of nitrogens with zero attached hydrogens (tertiary/aromatic N) is 1. The number of aromatic amines is 1. The normalized spacial score (nSPS) is 17.6. The predicted molar refractivity (Wildman–Crippen MR) is 106 cm³/mol. The Kier molecular flexibility index (Phi) is 5.48. The summed E-state index contributed by atoms with van der Waals surface area (Å²) in [4.78, 5) is 29.2. The third-order valence-electron chi connectivity index (χ3n) is 5.09. The molecule has 1 N–H and O–H groups in total. The molecule has 0 radical (unpaired) electrons. The first-order valence-corrected chi connectivity index (χ1v) is 10.2. The van der Waals surface area contributed by atoms with Crippen molar-refractivity contribution >= 4 is 33.8 Å². The van der Waals surface area contributed by atoms with Crippen LogP contribution < -0.4 is 0 Å². The molecule has 168 valence electrons. The van der Waals surface area contributed by atoms with Crippen LogP contribution in [0.1, 0.15) is 22.3 Å². The Morgan fingerprint density at radius 1 is 0.938 bits per heavy atom. The number of fused-ring (bicyclic) bond motifs is 1. The summed E-state index contributed by atoms with van der Waals surface area (Å²) in [6.07, 6.45) is -8.71. The highest BCUT2D eigenvalue weighted by molar-refractivity contribution is 8.15. The molecule has 1 aliphatic heterocycles. The molecule has 3 aromatic rings. The number of amides is 2. The van der Waals surface area contributed by atoms with Gasteiger partial charge >= 0.3 is 12.4 Å². The highest BCUT2D eigenvalue weighted by atomic mass is 32.2. The number of carbonyl (C=O) groups is 2. The molecule has 32 heavy (non-hydrogen) atoms. The van der Waals surface area contributed by atoms with E-state index in [4.69, 9.17) is 0 Å². The van der Waals surface area contributed by atoms with Crippen LogP contribution in [0, 0.1) is 0 Å². The molecule has 0 spiro atoms. The van der Waals surface area contributed by atoms with E-state index in [0.29, 0.717) is 29.5 Å². The molecular formula is C21H14F6N2O2S. The summed E-state index contributed by atoms with van der Waals surface area (Å²) in [5.41, 5.74) is -1.75. The topological polar surface area (TPSA) is 53.2 Å².